The minimum Gasteiger partial charge on any atom is -0.309 e. The second kappa shape index (κ2) is 7.29. The molecule has 2 heterocycles. The Balaban J connectivity index is 2.25. The van der Waals surface area contributed by atoms with Crippen LogP contribution in [0.15, 0.2) is 29.0 Å². The number of halogens is 5. The normalized spacial score (nSPS) is 12.9. The van der Waals surface area contributed by atoms with Crippen LogP contribution in [0.3, 0.4) is 0 Å². The SMILES string of the molecule is CCCC(C(=O)Nc1ccc(F)cn1)n1cc(Br)c(C(F)(F)F)n1. The first kappa shape index (κ1) is 18.4. The fourth-order valence-electron chi connectivity index (χ4n) is 2.04. The van der Waals surface area contributed by atoms with Gasteiger partial charge in [-0.2, -0.15) is 18.3 Å². The molecular formula is C14H13BrF4N4O. The van der Waals surface area contributed by atoms with E-state index in [0.717, 1.165) is 23.1 Å². The molecular weight excluding hydrogens is 396 g/mol. The molecule has 1 unspecified atom stereocenters. The number of hydrogen-bond acceptors (Lipinski definition) is 3. The highest BCUT2D eigenvalue weighted by Crippen LogP contribution is 2.34. The molecule has 2 rings (SSSR count). The fraction of sp³-hybridized carbons (Fsp3) is 0.357. The molecule has 10 heteroatoms. The van der Waals surface area contributed by atoms with Crippen molar-refractivity contribution in [3.8, 4) is 0 Å². The molecule has 0 spiro atoms. The Morgan fingerprint density at radius 1 is 1.42 bits per heavy atom. The highest BCUT2D eigenvalue weighted by atomic mass is 79.9. The maximum Gasteiger partial charge on any atom is 0.436 e. The molecule has 0 saturated carbocycles. The number of pyridine rings is 1. The number of amides is 1. The van der Waals surface area contributed by atoms with Crippen molar-refractivity contribution >= 4 is 27.7 Å². The van der Waals surface area contributed by atoms with E-state index in [1.54, 1.807) is 6.92 Å². The number of hydrogen-bond donors (Lipinski definition) is 1. The van der Waals surface area contributed by atoms with E-state index >= 15 is 0 Å². The monoisotopic (exact) mass is 408 g/mol. The van der Waals surface area contributed by atoms with Gasteiger partial charge in [-0.15, -0.1) is 0 Å². The molecule has 0 aliphatic heterocycles. The lowest BCUT2D eigenvalue weighted by atomic mass is 10.1. The summed E-state index contributed by atoms with van der Waals surface area (Å²) in [6, 6.07) is 1.43. The number of carbonyl (C=O) groups is 1. The van der Waals surface area contributed by atoms with E-state index in [2.05, 4.69) is 31.3 Å². The van der Waals surface area contributed by atoms with Gasteiger partial charge in [-0.05, 0) is 34.5 Å². The molecule has 0 bridgehead atoms. The van der Waals surface area contributed by atoms with Gasteiger partial charge in [-0.25, -0.2) is 9.37 Å². The third kappa shape index (κ3) is 4.31. The van der Waals surface area contributed by atoms with Crippen LogP contribution >= 0.6 is 15.9 Å². The van der Waals surface area contributed by atoms with E-state index in [1.807, 2.05) is 0 Å². The number of nitrogens with zero attached hydrogens (tertiary/aromatic N) is 3. The molecule has 1 atom stereocenters. The predicted octanol–water partition coefficient (Wildman–Crippen LogP) is 4.18. The number of nitrogens with one attached hydrogen (secondary N) is 1. The minimum absolute atomic E-state index is 0.102. The van der Waals surface area contributed by atoms with Crippen molar-refractivity contribution in [3.05, 3.63) is 40.5 Å². The molecule has 0 saturated heterocycles. The van der Waals surface area contributed by atoms with Crippen LogP contribution in [0, 0.1) is 5.82 Å². The number of rotatable bonds is 5. The lowest BCUT2D eigenvalue weighted by Crippen LogP contribution is -2.27. The maximum atomic E-state index is 12.8. The summed E-state index contributed by atoms with van der Waals surface area (Å²) in [6.07, 6.45) is -1.76. The second-order valence-electron chi connectivity index (χ2n) is 4.96. The van der Waals surface area contributed by atoms with E-state index in [1.165, 1.54) is 6.07 Å². The number of carbonyl (C=O) groups excluding carboxylic acids is 1. The lowest BCUT2D eigenvalue weighted by molar-refractivity contribution is -0.142. The Labute approximate surface area is 143 Å². The van der Waals surface area contributed by atoms with Gasteiger partial charge < -0.3 is 5.32 Å². The summed E-state index contributed by atoms with van der Waals surface area (Å²) in [5.41, 5.74) is -1.10. The van der Waals surface area contributed by atoms with Crippen LogP contribution < -0.4 is 5.32 Å². The average Bonchev–Trinajstić information content (AvgIpc) is 2.88. The third-order valence-electron chi connectivity index (χ3n) is 3.12. The molecule has 1 N–H and O–H groups in total. The summed E-state index contributed by atoms with van der Waals surface area (Å²) in [7, 11) is 0. The number of anilines is 1. The molecule has 5 nitrogen and oxygen atoms in total. The van der Waals surface area contributed by atoms with Gasteiger partial charge in [0.15, 0.2) is 5.69 Å². The minimum atomic E-state index is -4.63. The van der Waals surface area contributed by atoms with Crippen molar-refractivity contribution < 1.29 is 22.4 Å². The number of alkyl halides is 3. The number of aromatic nitrogens is 3. The zero-order chi connectivity index (χ0) is 17.9. The van der Waals surface area contributed by atoms with Crippen molar-refractivity contribution in [3.63, 3.8) is 0 Å². The topological polar surface area (TPSA) is 59.8 Å². The van der Waals surface area contributed by atoms with Crippen LogP contribution in [0.1, 0.15) is 31.5 Å². The first-order valence-electron chi connectivity index (χ1n) is 6.96. The Kier molecular flexibility index (Phi) is 5.58. The van der Waals surface area contributed by atoms with E-state index in [0.29, 0.717) is 6.42 Å². The molecule has 2 aromatic rings. The highest BCUT2D eigenvalue weighted by Gasteiger charge is 2.37. The van der Waals surface area contributed by atoms with Gasteiger partial charge in [0.05, 0.1) is 10.7 Å². The molecule has 0 aliphatic carbocycles. The van der Waals surface area contributed by atoms with Gasteiger partial charge in [0, 0.05) is 6.20 Å². The summed E-state index contributed by atoms with van der Waals surface area (Å²) < 4.78 is 52.1. The molecule has 130 valence electrons. The van der Waals surface area contributed by atoms with Gasteiger partial charge in [-0.3, -0.25) is 9.48 Å². The lowest BCUT2D eigenvalue weighted by Gasteiger charge is -2.16. The van der Waals surface area contributed by atoms with Gasteiger partial charge >= 0.3 is 6.18 Å². The average molecular weight is 409 g/mol. The standard InChI is InChI=1S/C14H13BrF4N4O/c1-2-3-10(13(24)21-11-5-4-8(16)6-20-11)23-7-9(15)12(22-23)14(17,18)19/h4-7,10H,2-3H2,1H3,(H,20,21,24). The molecule has 24 heavy (non-hydrogen) atoms. The van der Waals surface area contributed by atoms with Crippen molar-refractivity contribution in [1.82, 2.24) is 14.8 Å². The highest BCUT2D eigenvalue weighted by molar-refractivity contribution is 9.10. The predicted molar refractivity (Wildman–Crippen MR) is 81.7 cm³/mol. The molecule has 1 amide bonds. The third-order valence-corrected chi connectivity index (χ3v) is 3.70. The van der Waals surface area contributed by atoms with E-state index < -0.39 is 29.6 Å². The summed E-state index contributed by atoms with van der Waals surface area (Å²) in [5.74, 6) is -1.05. The van der Waals surface area contributed by atoms with E-state index in [-0.39, 0.29) is 16.7 Å². The molecule has 2 aromatic heterocycles. The van der Waals surface area contributed by atoms with Crippen molar-refractivity contribution in [2.75, 3.05) is 5.32 Å². The van der Waals surface area contributed by atoms with Gasteiger partial charge in [0.2, 0.25) is 5.91 Å². The molecule has 0 fully saturated rings. The molecule has 0 aliphatic rings. The summed E-state index contributed by atoms with van der Waals surface area (Å²) >= 11 is 2.81. The van der Waals surface area contributed by atoms with Crippen molar-refractivity contribution in [2.24, 2.45) is 0 Å². The van der Waals surface area contributed by atoms with Gasteiger partial charge in [-0.1, -0.05) is 13.3 Å². The summed E-state index contributed by atoms with van der Waals surface area (Å²) in [5, 5.41) is 5.93. The smallest absolute Gasteiger partial charge is 0.309 e. The van der Waals surface area contributed by atoms with Crippen LogP contribution in [0.5, 0.6) is 0 Å². The molecule has 0 radical (unpaired) electrons. The summed E-state index contributed by atoms with van der Waals surface area (Å²) in [4.78, 5) is 16.0. The van der Waals surface area contributed by atoms with Crippen LogP contribution in [0.2, 0.25) is 0 Å². The fourth-order valence-corrected chi connectivity index (χ4v) is 2.55. The quantitative estimate of drug-likeness (QED) is 0.754. The Bertz CT molecular complexity index is 715. The van der Waals surface area contributed by atoms with Crippen molar-refractivity contribution in [2.45, 2.75) is 32.0 Å². The van der Waals surface area contributed by atoms with Crippen molar-refractivity contribution in [1.29, 1.82) is 0 Å². The largest absolute Gasteiger partial charge is 0.436 e. The Hall–Kier alpha value is -1.97. The second-order valence-corrected chi connectivity index (χ2v) is 5.81. The van der Waals surface area contributed by atoms with Crippen LogP contribution in [-0.4, -0.2) is 20.7 Å². The molecule has 0 aromatic carbocycles. The first-order valence-corrected chi connectivity index (χ1v) is 7.76. The van der Waals surface area contributed by atoms with E-state index in [9.17, 15) is 22.4 Å². The van der Waals surface area contributed by atoms with Crippen LogP contribution in [0.4, 0.5) is 23.4 Å². The first-order chi connectivity index (χ1) is 11.2. The Morgan fingerprint density at radius 3 is 2.62 bits per heavy atom. The maximum absolute atomic E-state index is 12.8. The van der Waals surface area contributed by atoms with Crippen LogP contribution in [-0.2, 0) is 11.0 Å². The van der Waals surface area contributed by atoms with E-state index in [4.69, 9.17) is 0 Å². The van der Waals surface area contributed by atoms with Gasteiger partial charge in [0.25, 0.3) is 0 Å². The van der Waals surface area contributed by atoms with Crippen LogP contribution in [0.25, 0.3) is 0 Å². The summed E-state index contributed by atoms with van der Waals surface area (Å²) in [6.45, 7) is 1.79. The zero-order valence-electron chi connectivity index (χ0n) is 12.4. The van der Waals surface area contributed by atoms with Gasteiger partial charge in [0.1, 0.15) is 17.7 Å². The zero-order valence-corrected chi connectivity index (χ0v) is 14.0. The Morgan fingerprint density at radius 2 is 2.12 bits per heavy atom.